The molecule has 0 bridgehead atoms. The molecule has 4 heteroatoms. The molecule has 1 aliphatic rings. The quantitative estimate of drug-likeness (QED) is 0.920. The maximum atomic E-state index is 11.2. The summed E-state index contributed by atoms with van der Waals surface area (Å²) in [6.07, 6.45) is 2.95. The zero-order valence-corrected chi connectivity index (χ0v) is 12.6. The second kappa shape index (κ2) is 6.71. The molecule has 114 valence electrons. The number of aromatic nitrogens is 1. The van der Waals surface area contributed by atoms with Crippen LogP contribution in [0.15, 0.2) is 48.5 Å². The molecule has 0 saturated carbocycles. The Labute approximate surface area is 131 Å². The fourth-order valence-corrected chi connectivity index (χ4v) is 3.14. The minimum Gasteiger partial charge on any atom is -0.369 e. The van der Waals surface area contributed by atoms with Crippen molar-refractivity contribution in [3.05, 3.63) is 65.5 Å². The molecule has 1 aliphatic heterocycles. The van der Waals surface area contributed by atoms with Gasteiger partial charge in [0, 0.05) is 12.1 Å². The van der Waals surface area contributed by atoms with Crippen LogP contribution in [0.25, 0.3) is 0 Å². The molecule has 0 aliphatic carbocycles. The fraction of sp³-hybridized carbons (Fsp3) is 0.333. The predicted octanol–water partition coefficient (Wildman–Crippen LogP) is 2.29. The highest BCUT2D eigenvalue weighted by Crippen LogP contribution is 2.30. The van der Waals surface area contributed by atoms with Crippen molar-refractivity contribution in [2.45, 2.75) is 25.3 Å². The summed E-state index contributed by atoms with van der Waals surface area (Å²) in [5, 5.41) is 0. The third kappa shape index (κ3) is 3.52. The Bertz CT molecular complexity index is 642. The lowest BCUT2D eigenvalue weighted by Crippen LogP contribution is -2.33. The first-order valence-corrected chi connectivity index (χ1v) is 7.74. The number of carbonyl (C=O) groups excluding carboxylic acids is 1. The molecule has 1 atom stereocenters. The van der Waals surface area contributed by atoms with Crippen LogP contribution in [-0.2, 0) is 11.2 Å². The molecule has 1 amide bonds. The fourth-order valence-electron chi connectivity index (χ4n) is 3.14. The van der Waals surface area contributed by atoms with Crippen LogP contribution in [0, 0.1) is 0 Å². The maximum Gasteiger partial charge on any atom is 0.231 e. The van der Waals surface area contributed by atoms with E-state index < -0.39 is 0 Å². The van der Waals surface area contributed by atoms with E-state index in [1.165, 1.54) is 5.56 Å². The molecule has 1 aromatic heterocycles. The van der Waals surface area contributed by atoms with E-state index in [4.69, 9.17) is 10.7 Å². The third-order valence-corrected chi connectivity index (χ3v) is 4.12. The van der Waals surface area contributed by atoms with Gasteiger partial charge in [-0.25, -0.2) is 0 Å². The topological polar surface area (TPSA) is 59.2 Å². The largest absolute Gasteiger partial charge is 0.369 e. The molecule has 2 aromatic rings. The van der Waals surface area contributed by atoms with Gasteiger partial charge in [0.05, 0.1) is 18.3 Å². The highest BCUT2D eigenvalue weighted by Gasteiger charge is 2.27. The summed E-state index contributed by atoms with van der Waals surface area (Å²) < 4.78 is 0. The van der Waals surface area contributed by atoms with Crippen LogP contribution in [0.2, 0.25) is 0 Å². The third-order valence-electron chi connectivity index (χ3n) is 4.12. The zero-order valence-electron chi connectivity index (χ0n) is 12.6. The molecule has 1 aromatic carbocycles. The van der Waals surface area contributed by atoms with Gasteiger partial charge in [-0.3, -0.25) is 14.7 Å². The Kier molecular flexibility index (Phi) is 4.49. The molecular formula is C18H21N3O. The zero-order chi connectivity index (χ0) is 15.4. The first-order valence-electron chi connectivity index (χ1n) is 7.74. The Morgan fingerprint density at radius 2 is 2.00 bits per heavy atom. The van der Waals surface area contributed by atoms with Gasteiger partial charge in [0.25, 0.3) is 0 Å². The van der Waals surface area contributed by atoms with E-state index >= 15 is 0 Å². The monoisotopic (exact) mass is 295 g/mol. The minimum absolute atomic E-state index is 0.211. The maximum absolute atomic E-state index is 11.2. The Hall–Kier alpha value is -2.20. The number of primary amides is 1. The van der Waals surface area contributed by atoms with Gasteiger partial charge in [0.15, 0.2) is 0 Å². The SMILES string of the molecule is NC(=O)CN1CCCC1c1cccc(Cc2ccccc2)n1. The standard InChI is InChI=1S/C18H21N3O/c19-18(22)13-21-11-5-10-17(21)16-9-4-8-15(20-16)12-14-6-2-1-3-7-14/h1-4,6-9,17H,5,10-13H2,(H2,19,22). The highest BCUT2D eigenvalue weighted by molar-refractivity contribution is 5.76. The molecule has 0 spiro atoms. The second-order valence-corrected chi connectivity index (χ2v) is 5.81. The molecule has 0 radical (unpaired) electrons. The number of carbonyl (C=O) groups is 1. The smallest absolute Gasteiger partial charge is 0.231 e. The lowest BCUT2D eigenvalue weighted by atomic mass is 10.1. The first kappa shape index (κ1) is 14.7. The molecular weight excluding hydrogens is 274 g/mol. The second-order valence-electron chi connectivity index (χ2n) is 5.81. The summed E-state index contributed by atoms with van der Waals surface area (Å²) in [7, 11) is 0. The Balaban J connectivity index is 1.77. The molecule has 1 fully saturated rings. The van der Waals surface area contributed by atoms with Crippen LogP contribution in [0.3, 0.4) is 0 Å². The number of nitrogens with two attached hydrogens (primary N) is 1. The van der Waals surface area contributed by atoms with Crippen molar-refractivity contribution in [1.29, 1.82) is 0 Å². The van der Waals surface area contributed by atoms with Gasteiger partial charge in [0.1, 0.15) is 0 Å². The van der Waals surface area contributed by atoms with Gasteiger partial charge in [-0.15, -0.1) is 0 Å². The summed E-state index contributed by atoms with van der Waals surface area (Å²) in [6, 6.07) is 16.7. The van der Waals surface area contributed by atoms with Crippen LogP contribution in [0.1, 0.15) is 35.8 Å². The molecule has 2 N–H and O–H groups in total. The molecule has 22 heavy (non-hydrogen) atoms. The van der Waals surface area contributed by atoms with Gasteiger partial charge in [-0.1, -0.05) is 36.4 Å². The van der Waals surface area contributed by atoms with E-state index in [0.29, 0.717) is 6.54 Å². The van der Waals surface area contributed by atoms with E-state index in [0.717, 1.165) is 37.2 Å². The predicted molar refractivity (Wildman–Crippen MR) is 86.2 cm³/mol. The van der Waals surface area contributed by atoms with Gasteiger partial charge >= 0.3 is 0 Å². The summed E-state index contributed by atoms with van der Waals surface area (Å²) in [6.45, 7) is 1.23. The van der Waals surface area contributed by atoms with E-state index in [-0.39, 0.29) is 11.9 Å². The number of rotatable bonds is 5. The molecule has 1 saturated heterocycles. The van der Waals surface area contributed by atoms with E-state index in [9.17, 15) is 4.79 Å². The van der Waals surface area contributed by atoms with Crippen molar-refractivity contribution < 1.29 is 4.79 Å². The minimum atomic E-state index is -0.271. The molecule has 4 nitrogen and oxygen atoms in total. The van der Waals surface area contributed by atoms with Gasteiger partial charge in [-0.05, 0) is 37.1 Å². The van der Waals surface area contributed by atoms with Crippen LogP contribution in [0.5, 0.6) is 0 Å². The Morgan fingerprint density at radius 1 is 1.18 bits per heavy atom. The van der Waals surface area contributed by atoms with Crippen LogP contribution in [0.4, 0.5) is 0 Å². The summed E-state index contributed by atoms with van der Waals surface area (Å²) >= 11 is 0. The average Bonchev–Trinajstić information content (AvgIpc) is 2.96. The normalized spacial score (nSPS) is 18.5. The van der Waals surface area contributed by atoms with E-state index in [2.05, 4.69) is 35.2 Å². The van der Waals surface area contributed by atoms with Crippen LogP contribution < -0.4 is 5.73 Å². The number of hydrogen-bond donors (Lipinski definition) is 1. The highest BCUT2D eigenvalue weighted by atomic mass is 16.1. The number of likely N-dealkylation sites (tertiary alicyclic amines) is 1. The summed E-state index contributed by atoms with van der Waals surface area (Å²) in [5.74, 6) is -0.271. The van der Waals surface area contributed by atoms with E-state index in [1.54, 1.807) is 0 Å². The average molecular weight is 295 g/mol. The number of nitrogens with zero attached hydrogens (tertiary/aromatic N) is 2. The first-order chi connectivity index (χ1) is 10.7. The number of amides is 1. The number of benzene rings is 1. The van der Waals surface area contributed by atoms with E-state index in [1.807, 2.05) is 18.2 Å². The lowest BCUT2D eigenvalue weighted by Gasteiger charge is -2.22. The molecule has 3 rings (SSSR count). The van der Waals surface area contributed by atoms with Crippen molar-refractivity contribution in [1.82, 2.24) is 9.88 Å². The van der Waals surface area contributed by atoms with Crippen molar-refractivity contribution in [2.24, 2.45) is 5.73 Å². The van der Waals surface area contributed by atoms with Crippen molar-refractivity contribution in [2.75, 3.05) is 13.1 Å². The van der Waals surface area contributed by atoms with Gasteiger partial charge in [-0.2, -0.15) is 0 Å². The summed E-state index contributed by atoms with van der Waals surface area (Å²) in [4.78, 5) is 18.2. The van der Waals surface area contributed by atoms with Crippen molar-refractivity contribution >= 4 is 5.91 Å². The van der Waals surface area contributed by atoms with Crippen molar-refractivity contribution in [3.8, 4) is 0 Å². The van der Waals surface area contributed by atoms with Crippen molar-refractivity contribution in [3.63, 3.8) is 0 Å². The Morgan fingerprint density at radius 3 is 2.77 bits per heavy atom. The lowest BCUT2D eigenvalue weighted by molar-refractivity contribution is -0.119. The number of hydrogen-bond acceptors (Lipinski definition) is 3. The molecule has 1 unspecified atom stereocenters. The number of pyridine rings is 1. The van der Waals surface area contributed by atoms with Crippen LogP contribution >= 0.6 is 0 Å². The van der Waals surface area contributed by atoms with Gasteiger partial charge < -0.3 is 5.73 Å². The summed E-state index contributed by atoms with van der Waals surface area (Å²) in [5.41, 5.74) is 8.71. The van der Waals surface area contributed by atoms with Gasteiger partial charge in [0.2, 0.25) is 5.91 Å². The van der Waals surface area contributed by atoms with Crippen LogP contribution in [-0.4, -0.2) is 28.9 Å². The molecule has 2 heterocycles.